The van der Waals surface area contributed by atoms with Crippen molar-refractivity contribution in [1.82, 2.24) is 19.7 Å². The van der Waals surface area contributed by atoms with Crippen molar-refractivity contribution in [3.05, 3.63) is 42.0 Å². The third-order valence-electron chi connectivity index (χ3n) is 5.12. The summed E-state index contributed by atoms with van der Waals surface area (Å²) in [6, 6.07) is 9.17. The van der Waals surface area contributed by atoms with Crippen LogP contribution in [0.5, 0.6) is 0 Å². The van der Waals surface area contributed by atoms with Crippen LogP contribution in [-0.2, 0) is 11.8 Å². The number of likely N-dealkylation sites (tertiary alicyclic amines) is 1. The van der Waals surface area contributed by atoms with Crippen molar-refractivity contribution in [3.8, 4) is 6.07 Å². The molecule has 1 unspecified atom stereocenters. The fourth-order valence-corrected chi connectivity index (χ4v) is 3.83. The Kier molecular flexibility index (Phi) is 3.72. The summed E-state index contributed by atoms with van der Waals surface area (Å²) in [4.78, 5) is 32.7. The number of aryl methyl sites for hydroxylation is 1. The van der Waals surface area contributed by atoms with Crippen LogP contribution in [0.2, 0.25) is 0 Å². The van der Waals surface area contributed by atoms with Gasteiger partial charge in [-0.1, -0.05) is 6.07 Å². The molecular weight excluding hydrogens is 332 g/mol. The second-order valence-electron chi connectivity index (χ2n) is 7.04. The summed E-state index contributed by atoms with van der Waals surface area (Å²) < 4.78 is 1.50. The van der Waals surface area contributed by atoms with Gasteiger partial charge in [0.15, 0.2) is 0 Å². The van der Waals surface area contributed by atoms with Crippen LogP contribution in [0.4, 0.5) is 5.69 Å². The molecule has 8 heteroatoms. The number of carbonyl (C=O) groups excluding carboxylic acids is 2. The molecule has 2 saturated heterocycles. The van der Waals surface area contributed by atoms with Crippen molar-refractivity contribution in [3.63, 3.8) is 0 Å². The van der Waals surface area contributed by atoms with Crippen molar-refractivity contribution >= 4 is 17.5 Å². The summed E-state index contributed by atoms with van der Waals surface area (Å²) in [7, 11) is 1.72. The van der Waals surface area contributed by atoms with E-state index in [2.05, 4.69) is 16.2 Å². The molecule has 0 radical (unpaired) electrons. The number of rotatable bonds is 2. The van der Waals surface area contributed by atoms with Crippen molar-refractivity contribution in [1.29, 1.82) is 5.26 Å². The molecule has 1 aromatic heterocycles. The van der Waals surface area contributed by atoms with E-state index in [-0.39, 0.29) is 23.1 Å². The van der Waals surface area contributed by atoms with Gasteiger partial charge in [0.1, 0.15) is 6.33 Å². The SMILES string of the molecule is Cn1cnc(C(=O)N2CCC3(CC(=O)N(c4cccc(C#N)c4)C3)C2)n1. The first-order valence-corrected chi connectivity index (χ1v) is 8.45. The van der Waals surface area contributed by atoms with Gasteiger partial charge in [0.05, 0.1) is 11.6 Å². The molecule has 1 spiro atoms. The van der Waals surface area contributed by atoms with Gasteiger partial charge in [0.2, 0.25) is 11.7 Å². The van der Waals surface area contributed by atoms with E-state index in [1.807, 2.05) is 6.07 Å². The minimum Gasteiger partial charge on any atom is -0.335 e. The molecule has 0 N–H and O–H groups in total. The first-order valence-electron chi connectivity index (χ1n) is 8.45. The Hall–Kier alpha value is -3.21. The quantitative estimate of drug-likeness (QED) is 0.804. The number of carbonyl (C=O) groups is 2. The molecule has 0 saturated carbocycles. The van der Waals surface area contributed by atoms with E-state index in [4.69, 9.17) is 5.26 Å². The van der Waals surface area contributed by atoms with Crippen LogP contribution in [0.3, 0.4) is 0 Å². The Morgan fingerprint density at radius 2 is 2.19 bits per heavy atom. The average Bonchev–Trinajstić information content (AvgIpc) is 3.34. The Labute approximate surface area is 150 Å². The summed E-state index contributed by atoms with van der Waals surface area (Å²) >= 11 is 0. The standard InChI is InChI=1S/C18H18N6O2/c1-22-12-20-16(21-22)17(26)23-6-5-18(10-23)8-15(25)24(11-18)14-4-2-3-13(7-14)9-19/h2-4,7,12H,5-6,8,10-11H2,1H3. The van der Waals surface area contributed by atoms with E-state index >= 15 is 0 Å². The lowest BCUT2D eigenvalue weighted by atomic mass is 9.86. The summed E-state index contributed by atoms with van der Waals surface area (Å²) in [5, 5.41) is 13.1. The number of hydrogen-bond donors (Lipinski definition) is 0. The van der Waals surface area contributed by atoms with Crippen molar-refractivity contribution in [2.24, 2.45) is 12.5 Å². The molecule has 1 aromatic carbocycles. The highest BCUT2D eigenvalue weighted by atomic mass is 16.2. The maximum Gasteiger partial charge on any atom is 0.293 e. The fourth-order valence-electron chi connectivity index (χ4n) is 3.83. The van der Waals surface area contributed by atoms with E-state index < -0.39 is 0 Å². The molecule has 8 nitrogen and oxygen atoms in total. The smallest absolute Gasteiger partial charge is 0.293 e. The summed E-state index contributed by atoms with van der Waals surface area (Å²) in [6.45, 7) is 1.67. The Balaban J connectivity index is 1.51. The molecule has 0 aliphatic carbocycles. The van der Waals surface area contributed by atoms with E-state index in [0.717, 1.165) is 12.1 Å². The summed E-state index contributed by atoms with van der Waals surface area (Å²) in [6.07, 6.45) is 2.68. The summed E-state index contributed by atoms with van der Waals surface area (Å²) in [5.74, 6) is 0.0256. The molecule has 2 aromatic rings. The molecule has 1 atom stereocenters. The third-order valence-corrected chi connectivity index (χ3v) is 5.12. The van der Waals surface area contributed by atoms with Crippen LogP contribution in [-0.4, -0.2) is 51.1 Å². The number of aromatic nitrogens is 3. The predicted octanol–water partition coefficient (Wildman–Crippen LogP) is 0.956. The number of nitrogens with zero attached hydrogens (tertiary/aromatic N) is 6. The molecule has 3 heterocycles. The topological polar surface area (TPSA) is 95.1 Å². The second kappa shape index (κ2) is 5.95. The Bertz CT molecular complexity index is 930. The minimum atomic E-state index is -0.246. The molecule has 2 aliphatic rings. The van der Waals surface area contributed by atoms with Crippen molar-refractivity contribution in [2.45, 2.75) is 12.8 Å². The fraction of sp³-hybridized carbons (Fsp3) is 0.389. The van der Waals surface area contributed by atoms with Gasteiger partial charge in [-0.2, -0.15) is 5.26 Å². The van der Waals surface area contributed by atoms with Gasteiger partial charge in [-0.25, -0.2) is 4.98 Å². The van der Waals surface area contributed by atoms with Gasteiger partial charge < -0.3 is 9.80 Å². The number of hydrogen-bond acceptors (Lipinski definition) is 5. The van der Waals surface area contributed by atoms with Gasteiger partial charge in [0, 0.05) is 44.2 Å². The first kappa shape index (κ1) is 16.3. The molecule has 132 valence electrons. The predicted molar refractivity (Wildman–Crippen MR) is 92.1 cm³/mol. The van der Waals surface area contributed by atoms with Crippen LogP contribution >= 0.6 is 0 Å². The van der Waals surface area contributed by atoms with Crippen LogP contribution in [0, 0.1) is 16.7 Å². The first-order chi connectivity index (χ1) is 12.5. The largest absolute Gasteiger partial charge is 0.335 e. The summed E-state index contributed by atoms with van der Waals surface area (Å²) in [5.41, 5.74) is 1.02. The molecule has 4 rings (SSSR count). The van der Waals surface area contributed by atoms with Crippen molar-refractivity contribution < 1.29 is 9.59 Å². The molecule has 2 aliphatic heterocycles. The van der Waals surface area contributed by atoms with E-state index in [9.17, 15) is 9.59 Å². The molecular formula is C18H18N6O2. The zero-order valence-corrected chi connectivity index (χ0v) is 14.4. The molecule has 0 bridgehead atoms. The lowest BCUT2D eigenvalue weighted by Gasteiger charge is -2.24. The Morgan fingerprint density at radius 3 is 2.92 bits per heavy atom. The maximum absolute atomic E-state index is 12.6. The second-order valence-corrected chi connectivity index (χ2v) is 7.04. The van der Waals surface area contributed by atoms with Crippen molar-refractivity contribution in [2.75, 3.05) is 24.5 Å². The zero-order valence-electron chi connectivity index (χ0n) is 14.4. The maximum atomic E-state index is 12.6. The monoisotopic (exact) mass is 350 g/mol. The number of nitriles is 1. The average molecular weight is 350 g/mol. The highest BCUT2D eigenvalue weighted by Gasteiger charge is 2.49. The molecule has 2 fully saturated rings. The molecule has 2 amide bonds. The van der Waals surface area contributed by atoms with E-state index in [1.165, 1.54) is 11.0 Å². The normalized spacial score (nSPS) is 22.2. The van der Waals surface area contributed by atoms with Crippen LogP contribution in [0.1, 0.15) is 29.0 Å². The number of benzene rings is 1. The van der Waals surface area contributed by atoms with Crippen LogP contribution in [0.25, 0.3) is 0 Å². The highest BCUT2D eigenvalue weighted by Crippen LogP contribution is 2.42. The van der Waals surface area contributed by atoms with Gasteiger partial charge in [-0.05, 0) is 24.6 Å². The third kappa shape index (κ3) is 2.71. The van der Waals surface area contributed by atoms with Crippen LogP contribution < -0.4 is 4.90 Å². The number of amides is 2. The van der Waals surface area contributed by atoms with Crippen LogP contribution in [0.15, 0.2) is 30.6 Å². The lowest BCUT2D eigenvalue weighted by molar-refractivity contribution is -0.117. The zero-order chi connectivity index (χ0) is 18.3. The van der Waals surface area contributed by atoms with E-state index in [0.29, 0.717) is 31.6 Å². The van der Waals surface area contributed by atoms with Gasteiger partial charge in [0.25, 0.3) is 5.91 Å². The molecule has 26 heavy (non-hydrogen) atoms. The highest BCUT2D eigenvalue weighted by molar-refractivity contribution is 5.97. The number of anilines is 1. The van der Waals surface area contributed by atoms with Gasteiger partial charge >= 0.3 is 0 Å². The van der Waals surface area contributed by atoms with Gasteiger partial charge in [-0.15, -0.1) is 5.10 Å². The minimum absolute atomic E-state index is 0.0327. The van der Waals surface area contributed by atoms with Gasteiger partial charge in [-0.3, -0.25) is 14.3 Å². The van der Waals surface area contributed by atoms with E-state index in [1.54, 1.807) is 35.0 Å². The Morgan fingerprint density at radius 1 is 1.35 bits per heavy atom. The lowest BCUT2D eigenvalue weighted by Crippen LogP contribution is -2.34.